The van der Waals surface area contributed by atoms with Gasteiger partial charge in [-0.2, -0.15) is 0 Å². The summed E-state index contributed by atoms with van der Waals surface area (Å²) >= 11 is 0. The molecule has 0 spiro atoms. The number of unbranched alkanes of at least 4 members (excludes halogenated alkanes) is 28. The van der Waals surface area contributed by atoms with Gasteiger partial charge in [0.15, 0.2) is 12.4 Å². The first kappa shape index (κ1) is 64.6. The molecule has 1 aliphatic rings. The highest BCUT2D eigenvalue weighted by Crippen LogP contribution is 2.26. The van der Waals surface area contributed by atoms with Crippen LogP contribution in [-0.4, -0.2) is 99.6 Å². The van der Waals surface area contributed by atoms with E-state index in [0.29, 0.717) is 12.8 Å². The van der Waals surface area contributed by atoms with E-state index in [-0.39, 0.29) is 19.4 Å². The minimum atomic E-state index is -1.62. The van der Waals surface area contributed by atoms with Crippen molar-refractivity contribution >= 4 is 11.9 Å². The Bertz CT molecular complexity index is 1300. The fraction of sp³-hybridized carbons (Fsp3) is 0.828. The second-order valence-electron chi connectivity index (χ2n) is 19.7. The predicted octanol–water partition coefficient (Wildman–Crippen LogP) is 12.5. The summed E-state index contributed by atoms with van der Waals surface area (Å²) in [6.45, 7) is 5.72. The molecule has 0 aliphatic carbocycles. The fourth-order valence-corrected chi connectivity index (χ4v) is 8.64. The van der Waals surface area contributed by atoms with Gasteiger partial charge in [0.25, 0.3) is 0 Å². The van der Waals surface area contributed by atoms with E-state index in [2.05, 4.69) is 62.5 Å². The molecule has 0 bridgehead atoms. The Labute approximate surface area is 421 Å². The Morgan fingerprint density at radius 1 is 0.565 bits per heavy atom. The van der Waals surface area contributed by atoms with Gasteiger partial charge in [-0.3, -0.25) is 9.59 Å². The van der Waals surface area contributed by atoms with Crippen LogP contribution in [0.2, 0.25) is 0 Å². The number of carbonyl (C=O) groups is 2. The van der Waals surface area contributed by atoms with Gasteiger partial charge in [-0.05, 0) is 77.0 Å². The van der Waals surface area contributed by atoms with E-state index in [0.717, 1.165) is 83.5 Å². The Kier molecular flexibility index (Phi) is 43.7. The minimum Gasteiger partial charge on any atom is -0.454 e. The third kappa shape index (κ3) is 35.4. The zero-order valence-corrected chi connectivity index (χ0v) is 44.2. The lowest BCUT2D eigenvalue weighted by Gasteiger charge is -2.41. The van der Waals surface area contributed by atoms with Crippen LogP contribution < -0.4 is 5.32 Å². The number of rotatable bonds is 47. The van der Waals surface area contributed by atoms with Crippen molar-refractivity contribution in [1.29, 1.82) is 0 Å². The summed E-state index contributed by atoms with van der Waals surface area (Å²) < 4.78 is 17.5. The average Bonchev–Trinajstić information content (AvgIpc) is 3.34. The number of aliphatic hydroxyl groups is 5. The van der Waals surface area contributed by atoms with Gasteiger partial charge in [-0.1, -0.05) is 211 Å². The quantitative estimate of drug-likeness (QED) is 0.0149. The van der Waals surface area contributed by atoms with E-state index in [4.69, 9.17) is 14.2 Å². The van der Waals surface area contributed by atoms with Gasteiger partial charge in [0.1, 0.15) is 24.4 Å². The zero-order valence-electron chi connectivity index (χ0n) is 44.2. The first-order chi connectivity index (χ1) is 33.7. The maximum Gasteiger partial charge on any atom is 0.306 e. The van der Waals surface area contributed by atoms with Crippen LogP contribution in [0, 0.1) is 0 Å². The number of aliphatic hydroxyl groups excluding tert-OH is 5. The van der Waals surface area contributed by atoms with Crippen molar-refractivity contribution in [1.82, 2.24) is 5.32 Å². The van der Waals surface area contributed by atoms with E-state index in [1.54, 1.807) is 6.08 Å². The van der Waals surface area contributed by atoms with E-state index in [9.17, 15) is 35.1 Å². The van der Waals surface area contributed by atoms with Crippen molar-refractivity contribution < 1.29 is 49.3 Å². The second-order valence-corrected chi connectivity index (χ2v) is 19.7. The summed E-state index contributed by atoms with van der Waals surface area (Å²) in [6, 6.07) is -1.03. The fourth-order valence-electron chi connectivity index (χ4n) is 8.64. The van der Waals surface area contributed by atoms with Gasteiger partial charge in [-0.15, -0.1) is 0 Å². The van der Waals surface area contributed by atoms with Gasteiger partial charge in [-0.25, -0.2) is 0 Å². The Balaban J connectivity index is 2.77. The van der Waals surface area contributed by atoms with Crippen LogP contribution in [0.15, 0.2) is 48.6 Å². The monoisotopic (exact) mass is 976 g/mol. The Morgan fingerprint density at radius 3 is 1.52 bits per heavy atom. The van der Waals surface area contributed by atoms with Gasteiger partial charge < -0.3 is 45.1 Å². The molecule has 402 valence electrons. The maximum absolute atomic E-state index is 13.4. The van der Waals surface area contributed by atoms with Gasteiger partial charge in [0.05, 0.1) is 25.4 Å². The molecule has 11 heteroatoms. The number of hydrogen-bond acceptors (Lipinski definition) is 10. The lowest BCUT2D eigenvalue weighted by atomic mass is 9.99. The smallest absolute Gasteiger partial charge is 0.306 e. The zero-order chi connectivity index (χ0) is 50.4. The minimum absolute atomic E-state index is 0.102. The molecular formula is C58H105NO10. The van der Waals surface area contributed by atoms with Crippen molar-refractivity contribution in [2.75, 3.05) is 13.2 Å². The first-order valence-corrected chi connectivity index (χ1v) is 28.4. The van der Waals surface area contributed by atoms with E-state index >= 15 is 0 Å². The molecule has 1 fully saturated rings. The number of hydrogen-bond donors (Lipinski definition) is 6. The molecule has 8 atom stereocenters. The number of esters is 1. The summed E-state index contributed by atoms with van der Waals surface area (Å²) in [6.07, 6.45) is 44.4. The van der Waals surface area contributed by atoms with Crippen molar-refractivity contribution in [2.24, 2.45) is 0 Å². The summed E-state index contributed by atoms with van der Waals surface area (Å²) in [7, 11) is 0. The number of allylic oxidation sites excluding steroid dienone is 7. The molecule has 11 nitrogen and oxygen atoms in total. The lowest BCUT2D eigenvalue weighted by molar-refractivity contribution is -0.305. The summed E-state index contributed by atoms with van der Waals surface area (Å²) in [4.78, 5) is 26.4. The molecule has 0 aromatic heterocycles. The molecular weight excluding hydrogens is 871 g/mol. The summed E-state index contributed by atoms with van der Waals surface area (Å²) in [5.74, 6) is -1.22. The molecule has 1 aliphatic heterocycles. The highest BCUT2D eigenvalue weighted by molar-refractivity contribution is 5.80. The molecule has 0 saturated carbocycles. The van der Waals surface area contributed by atoms with Crippen LogP contribution in [0.25, 0.3) is 0 Å². The topological polar surface area (TPSA) is 175 Å². The highest BCUT2D eigenvalue weighted by atomic mass is 16.7. The summed E-state index contributed by atoms with van der Waals surface area (Å²) in [5, 5.41) is 56.7. The van der Waals surface area contributed by atoms with Crippen molar-refractivity contribution in [3.8, 4) is 0 Å². The number of amides is 1. The van der Waals surface area contributed by atoms with Crippen LogP contribution in [0.5, 0.6) is 0 Å². The van der Waals surface area contributed by atoms with Crippen molar-refractivity contribution in [3.63, 3.8) is 0 Å². The molecule has 0 radical (unpaired) electrons. The van der Waals surface area contributed by atoms with Gasteiger partial charge >= 0.3 is 5.97 Å². The predicted molar refractivity (Wildman–Crippen MR) is 283 cm³/mol. The standard InChI is InChI=1S/C58H105NO10/c1-4-7-10-13-16-19-22-25-27-30-33-36-39-42-45-51(62)57(66)59-49(50(61)44-41-38-35-32-29-24-21-18-15-12-9-6-3)48-67-58-56(55(65)54(64)52(47-60)68-58)69-53(63)46-43-40-37-34-31-28-26-23-20-17-14-11-8-5-2/h16,19,22,25,28,31,41,44,49-52,54-56,58,60-62,64-65H,4-15,17-18,20-21,23-24,26-27,29-30,32-40,42-43,45-48H2,1-3H3,(H,59,66)/b19-16+,25-22+,31-28-,44-41+. The second kappa shape index (κ2) is 46.7. The first-order valence-electron chi connectivity index (χ1n) is 28.4. The highest BCUT2D eigenvalue weighted by Gasteiger charge is 2.47. The van der Waals surface area contributed by atoms with Crippen LogP contribution in [-0.2, 0) is 23.8 Å². The van der Waals surface area contributed by atoms with E-state index in [1.165, 1.54) is 116 Å². The van der Waals surface area contributed by atoms with E-state index in [1.807, 2.05) is 6.08 Å². The molecule has 1 amide bonds. The average molecular weight is 976 g/mol. The number of ether oxygens (including phenoxy) is 3. The van der Waals surface area contributed by atoms with Crippen LogP contribution in [0.4, 0.5) is 0 Å². The SMILES string of the molecule is CCCCC/C=C/C=C/CCCCCCCC(O)C(=O)NC(COC1OC(CO)C(O)C(O)C1OC(=O)CCCCC/C=C\CCCCCCCCC)C(O)/C=C/CCCCCCCCCCCC. The lowest BCUT2D eigenvalue weighted by Crippen LogP contribution is -2.61. The maximum atomic E-state index is 13.4. The largest absolute Gasteiger partial charge is 0.454 e. The third-order valence-corrected chi connectivity index (χ3v) is 13.2. The number of nitrogens with one attached hydrogen (secondary N) is 1. The molecule has 0 aromatic carbocycles. The molecule has 0 aromatic rings. The summed E-state index contributed by atoms with van der Waals surface area (Å²) in [5.41, 5.74) is 0. The molecule has 1 rings (SSSR count). The van der Waals surface area contributed by atoms with Crippen molar-refractivity contribution in [3.05, 3.63) is 48.6 Å². The van der Waals surface area contributed by atoms with Crippen LogP contribution in [0.3, 0.4) is 0 Å². The van der Waals surface area contributed by atoms with Crippen LogP contribution in [0.1, 0.15) is 245 Å². The Hall–Kier alpha value is -2.38. The normalized spacial score (nSPS) is 20.1. The van der Waals surface area contributed by atoms with E-state index < -0.39 is 67.4 Å². The molecule has 1 saturated heterocycles. The van der Waals surface area contributed by atoms with Crippen LogP contribution >= 0.6 is 0 Å². The molecule has 6 N–H and O–H groups in total. The van der Waals surface area contributed by atoms with Gasteiger partial charge in [0.2, 0.25) is 5.91 Å². The van der Waals surface area contributed by atoms with Gasteiger partial charge in [0, 0.05) is 6.42 Å². The van der Waals surface area contributed by atoms with Crippen molar-refractivity contribution in [2.45, 2.75) is 294 Å². The molecule has 1 heterocycles. The Morgan fingerprint density at radius 2 is 1.00 bits per heavy atom. The molecule has 69 heavy (non-hydrogen) atoms. The molecule has 8 unspecified atom stereocenters. The third-order valence-electron chi connectivity index (χ3n) is 13.2. The number of carbonyl (C=O) groups excluding carboxylic acids is 2.